The lowest BCUT2D eigenvalue weighted by atomic mass is 9.98. The Morgan fingerprint density at radius 2 is 2.04 bits per heavy atom. The number of amides is 1. The summed E-state index contributed by atoms with van der Waals surface area (Å²) in [5.41, 5.74) is 2.70. The zero-order valence-electron chi connectivity index (χ0n) is 13.8. The first kappa shape index (κ1) is 19.2. The molecule has 8 heteroatoms. The van der Waals surface area contributed by atoms with Gasteiger partial charge in [-0.05, 0) is 25.3 Å². The molecule has 0 spiro atoms. The van der Waals surface area contributed by atoms with E-state index in [-0.39, 0.29) is 5.91 Å². The maximum absolute atomic E-state index is 11.4. The van der Waals surface area contributed by atoms with Crippen LogP contribution in [0.1, 0.15) is 30.4 Å². The van der Waals surface area contributed by atoms with Crippen LogP contribution < -0.4 is 5.32 Å². The van der Waals surface area contributed by atoms with E-state index in [9.17, 15) is 18.0 Å². The highest BCUT2D eigenvalue weighted by molar-refractivity contribution is 5.77. The second kappa shape index (κ2) is 7.86. The first-order valence-electron chi connectivity index (χ1n) is 8.06. The molecule has 1 aromatic carbocycles. The van der Waals surface area contributed by atoms with Crippen molar-refractivity contribution in [1.82, 2.24) is 10.2 Å². The summed E-state index contributed by atoms with van der Waals surface area (Å²) in [5, 5.41) is 10.2. The average molecular weight is 358 g/mol. The van der Waals surface area contributed by atoms with Crippen LogP contribution in [0.4, 0.5) is 13.2 Å². The average Bonchev–Trinajstić information content (AvgIpc) is 2.89. The minimum atomic E-state index is -5.08. The van der Waals surface area contributed by atoms with Gasteiger partial charge >= 0.3 is 12.1 Å². The Morgan fingerprint density at radius 1 is 1.36 bits per heavy atom. The highest BCUT2D eigenvalue weighted by Crippen LogP contribution is 2.27. The van der Waals surface area contributed by atoms with E-state index >= 15 is 0 Å². The Morgan fingerprint density at radius 3 is 2.64 bits per heavy atom. The van der Waals surface area contributed by atoms with Crippen LogP contribution in [0.15, 0.2) is 24.3 Å². The molecule has 1 amide bonds. The number of hydrogen-bond donors (Lipinski definition) is 2. The van der Waals surface area contributed by atoms with E-state index in [0.717, 1.165) is 25.9 Å². The second-order valence-corrected chi connectivity index (χ2v) is 6.33. The summed E-state index contributed by atoms with van der Waals surface area (Å²) in [7, 11) is 0. The number of fused-ring (bicyclic) bond motifs is 1. The number of likely N-dealkylation sites (tertiary alicyclic amines) is 1. The topological polar surface area (TPSA) is 69.6 Å². The molecule has 0 saturated carbocycles. The van der Waals surface area contributed by atoms with Crippen molar-refractivity contribution in [2.45, 2.75) is 51.0 Å². The van der Waals surface area contributed by atoms with Crippen molar-refractivity contribution in [2.24, 2.45) is 0 Å². The number of nitrogens with one attached hydrogen (secondary N) is 1. The summed E-state index contributed by atoms with van der Waals surface area (Å²) in [4.78, 5) is 22.8. The number of halogens is 3. The predicted molar refractivity (Wildman–Crippen MR) is 84.8 cm³/mol. The van der Waals surface area contributed by atoms with E-state index in [0.29, 0.717) is 18.5 Å². The standard InChI is InChI=1S/C15H20N2O.C2HF3O2/c1-11-3-2-4-12(9-11)10-17-8-7-13-14(17)5-6-15(18)16-13;3-2(4,5)1(6)7/h2-4,9,13-14H,5-8,10H2,1H3,(H,16,18);(H,6,7). The highest BCUT2D eigenvalue weighted by Gasteiger charge is 2.38. The van der Waals surface area contributed by atoms with Crippen molar-refractivity contribution in [1.29, 1.82) is 0 Å². The maximum atomic E-state index is 11.4. The van der Waals surface area contributed by atoms with Gasteiger partial charge in [-0.2, -0.15) is 13.2 Å². The van der Waals surface area contributed by atoms with Crippen LogP contribution >= 0.6 is 0 Å². The SMILES string of the molecule is Cc1cccc(CN2CCC3NC(=O)CCC32)c1.O=C(O)C(F)(F)F. The molecular formula is C17H21F3N2O3. The van der Waals surface area contributed by atoms with Gasteiger partial charge in [0.1, 0.15) is 0 Å². The number of benzene rings is 1. The molecule has 2 fully saturated rings. The number of rotatable bonds is 2. The van der Waals surface area contributed by atoms with Crippen molar-refractivity contribution in [3.05, 3.63) is 35.4 Å². The van der Waals surface area contributed by atoms with Gasteiger partial charge in [0.15, 0.2) is 0 Å². The molecule has 0 radical (unpaired) electrons. The molecule has 2 aliphatic rings. The summed E-state index contributed by atoms with van der Waals surface area (Å²) in [6.45, 7) is 4.25. The highest BCUT2D eigenvalue weighted by atomic mass is 19.4. The molecule has 138 valence electrons. The van der Waals surface area contributed by atoms with Gasteiger partial charge < -0.3 is 10.4 Å². The van der Waals surface area contributed by atoms with Crippen LogP contribution in [-0.2, 0) is 16.1 Å². The molecule has 2 unspecified atom stereocenters. The first-order valence-corrected chi connectivity index (χ1v) is 8.06. The zero-order valence-corrected chi connectivity index (χ0v) is 13.8. The molecule has 2 saturated heterocycles. The van der Waals surface area contributed by atoms with Gasteiger partial charge in [-0.3, -0.25) is 9.69 Å². The Hall–Kier alpha value is -2.09. The third-order valence-electron chi connectivity index (χ3n) is 4.38. The lowest BCUT2D eigenvalue weighted by Gasteiger charge is -2.32. The van der Waals surface area contributed by atoms with Crippen molar-refractivity contribution in [3.8, 4) is 0 Å². The minimum Gasteiger partial charge on any atom is -0.475 e. The molecule has 0 aliphatic carbocycles. The predicted octanol–water partition coefficient (Wildman–Crippen LogP) is 2.48. The van der Waals surface area contributed by atoms with Crippen molar-refractivity contribution in [3.63, 3.8) is 0 Å². The number of nitrogens with zero attached hydrogens (tertiary/aromatic N) is 1. The third kappa shape index (κ3) is 5.45. The summed E-state index contributed by atoms with van der Waals surface area (Å²) in [5.74, 6) is -2.53. The lowest BCUT2D eigenvalue weighted by molar-refractivity contribution is -0.192. The van der Waals surface area contributed by atoms with Crippen molar-refractivity contribution < 1.29 is 27.9 Å². The van der Waals surface area contributed by atoms with Crippen LogP contribution in [0.2, 0.25) is 0 Å². The molecule has 3 rings (SSSR count). The summed E-state index contributed by atoms with van der Waals surface area (Å²) < 4.78 is 31.7. The molecule has 1 aromatic rings. The number of piperidine rings is 1. The van der Waals surface area contributed by atoms with Crippen LogP contribution in [0.3, 0.4) is 0 Å². The smallest absolute Gasteiger partial charge is 0.475 e. The van der Waals surface area contributed by atoms with Gasteiger partial charge in [-0.25, -0.2) is 4.79 Å². The Bertz CT molecular complexity index is 634. The van der Waals surface area contributed by atoms with Crippen LogP contribution in [0.25, 0.3) is 0 Å². The van der Waals surface area contributed by atoms with E-state index in [1.165, 1.54) is 11.1 Å². The molecule has 5 nitrogen and oxygen atoms in total. The molecular weight excluding hydrogens is 337 g/mol. The fraction of sp³-hybridized carbons (Fsp3) is 0.529. The van der Waals surface area contributed by atoms with E-state index in [4.69, 9.17) is 9.90 Å². The van der Waals surface area contributed by atoms with Gasteiger partial charge in [0, 0.05) is 31.6 Å². The molecule has 0 bridgehead atoms. The third-order valence-corrected chi connectivity index (χ3v) is 4.38. The monoisotopic (exact) mass is 358 g/mol. The maximum Gasteiger partial charge on any atom is 0.490 e. The molecule has 2 heterocycles. The molecule has 0 aromatic heterocycles. The molecule has 2 atom stereocenters. The molecule has 2 N–H and O–H groups in total. The van der Waals surface area contributed by atoms with Crippen LogP contribution in [-0.4, -0.2) is 46.7 Å². The Balaban J connectivity index is 0.000000277. The van der Waals surface area contributed by atoms with Gasteiger partial charge in [0.2, 0.25) is 5.91 Å². The van der Waals surface area contributed by atoms with Gasteiger partial charge in [0.05, 0.1) is 0 Å². The zero-order chi connectivity index (χ0) is 18.6. The number of carboxylic acids is 1. The number of carbonyl (C=O) groups is 2. The molecule has 2 aliphatic heterocycles. The van der Waals surface area contributed by atoms with Crippen LogP contribution in [0, 0.1) is 6.92 Å². The first-order chi connectivity index (χ1) is 11.7. The number of carbonyl (C=O) groups excluding carboxylic acids is 1. The fourth-order valence-corrected chi connectivity index (χ4v) is 3.27. The Labute approximate surface area is 143 Å². The molecule has 25 heavy (non-hydrogen) atoms. The number of alkyl halides is 3. The van der Waals surface area contributed by atoms with Crippen LogP contribution in [0.5, 0.6) is 0 Å². The number of carboxylic acid groups (broad SMARTS) is 1. The van der Waals surface area contributed by atoms with E-state index < -0.39 is 12.1 Å². The van der Waals surface area contributed by atoms with E-state index in [1.807, 2.05) is 0 Å². The summed E-state index contributed by atoms with van der Waals surface area (Å²) in [6.07, 6.45) is -2.28. The van der Waals surface area contributed by atoms with Gasteiger partial charge in [-0.1, -0.05) is 29.8 Å². The summed E-state index contributed by atoms with van der Waals surface area (Å²) in [6, 6.07) is 9.65. The normalized spacial score (nSPS) is 23.3. The van der Waals surface area contributed by atoms with E-state index in [1.54, 1.807) is 0 Å². The van der Waals surface area contributed by atoms with E-state index in [2.05, 4.69) is 41.4 Å². The Kier molecular flexibility index (Phi) is 6.05. The van der Waals surface area contributed by atoms with Crippen molar-refractivity contribution in [2.75, 3.05) is 6.54 Å². The fourth-order valence-electron chi connectivity index (χ4n) is 3.27. The number of aliphatic carboxylic acids is 1. The quantitative estimate of drug-likeness (QED) is 0.852. The van der Waals surface area contributed by atoms with Crippen molar-refractivity contribution >= 4 is 11.9 Å². The number of aryl methyl sites for hydroxylation is 1. The lowest BCUT2D eigenvalue weighted by Crippen LogP contribution is -2.49. The number of hydrogen-bond acceptors (Lipinski definition) is 3. The minimum absolute atomic E-state index is 0.230. The summed E-state index contributed by atoms with van der Waals surface area (Å²) >= 11 is 0. The van der Waals surface area contributed by atoms with Gasteiger partial charge in [0.25, 0.3) is 0 Å². The second-order valence-electron chi connectivity index (χ2n) is 6.33. The largest absolute Gasteiger partial charge is 0.490 e. The van der Waals surface area contributed by atoms with Gasteiger partial charge in [-0.15, -0.1) is 0 Å².